The van der Waals surface area contributed by atoms with Crippen molar-refractivity contribution in [2.75, 3.05) is 5.75 Å². The Labute approximate surface area is 109 Å². The molecule has 0 aliphatic carbocycles. The highest BCUT2D eigenvalue weighted by molar-refractivity contribution is 7.80. The van der Waals surface area contributed by atoms with Crippen LogP contribution in [0.25, 0.3) is 0 Å². The van der Waals surface area contributed by atoms with Crippen molar-refractivity contribution in [2.24, 2.45) is 0 Å². The van der Waals surface area contributed by atoms with Crippen molar-refractivity contribution in [1.82, 2.24) is 14.8 Å². The first-order valence-electron chi connectivity index (χ1n) is 5.40. The van der Waals surface area contributed by atoms with Gasteiger partial charge in [-0.1, -0.05) is 35.3 Å². The Morgan fingerprint density at radius 1 is 1.39 bits per heavy atom. The Hall–Kier alpha value is -1.89. The van der Waals surface area contributed by atoms with Gasteiger partial charge in [0.1, 0.15) is 0 Å². The smallest absolute Gasteiger partial charge is 0.390 e. The summed E-state index contributed by atoms with van der Waals surface area (Å²) in [7, 11) is 0. The summed E-state index contributed by atoms with van der Waals surface area (Å²) in [5, 5.41) is 14.3. The first-order valence-corrected chi connectivity index (χ1v) is 6.03. The van der Waals surface area contributed by atoms with Crippen molar-refractivity contribution in [3.05, 3.63) is 52.3 Å². The fourth-order valence-corrected chi connectivity index (χ4v) is 2.00. The zero-order valence-electron chi connectivity index (χ0n) is 9.51. The molecule has 1 aromatic carbocycles. The fourth-order valence-electron chi connectivity index (χ4n) is 1.68. The van der Waals surface area contributed by atoms with Gasteiger partial charge in [-0.2, -0.15) is 17.3 Å². The molecule has 18 heavy (non-hydrogen) atoms. The van der Waals surface area contributed by atoms with E-state index in [0.29, 0.717) is 12.3 Å². The van der Waals surface area contributed by atoms with E-state index in [4.69, 9.17) is 0 Å². The summed E-state index contributed by atoms with van der Waals surface area (Å²) in [6.07, 6.45) is 1.37. The number of aromatic nitrogens is 3. The Balaban J connectivity index is 2.13. The van der Waals surface area contributed by atoms with Crippen LogP contribution in [0.2, 0.25) is 0 Å². The van der Waals surface area contributed by atoms with Gasteiger partial charge in [0.2, 0.25) is 6.33 Å². The summed E-state index contributed by atoms with van der Waals surface area (Å²) in [5.41, 5.74) is 1.13. The molecule has 0 amide bonds. The molecule has 0 aliphatic rings. The molecular weight excluding hydrogens is 252 g/mol. The van der Waals surface area contributed by atoms with Crippen LogP contribution in [0.5, 0.6) is 0 Å². The maximum absolute atomic E-state index is 10.5. The van der Waals surface area contributed by atoms with E-state index in [1.54, 1.807) is 0 Å². The van der Waals surface area contributed by atoms with E-state index >= 15 is 0 Å². The van der Waals surface area contributed by atoms with Crippen LogP contribution < -0.4 is 0 Å². The minimum absolute atomic E-state index is 0.149. The second-order valence-electron chi connectivity index (χ2n) is 3.81. The third kappa shape index (κ3) is 2.86. The summed E-state index contributed by atoms with van der Waals surface area (Å²) in [4.78, 5) is 13.5. The van der Waals surface area contributed by atoms with Gasteiger partial charge in [0, 0.05) is 11.0 Å². The van der Waals surface area contributed by atoms with Crippen LogP contribution in [0.15, 0.2) is 36.7 Å². The lowest BCUT2D eigenvalue weighted by atomic mass is 10.0. The lowest BCUT2D eigenvalue weighted by Crippen LogP contribution is -2.11. The summed E-state index contributed by atoms with van der Waals surface area (Å²) in [5.74, 6) is 0.411. The minimum Gasteiger partial charge on any atom is -0.390 e. The molecule has 0 aliphatic heterocycles. The molecule has 7 heteroatoms. The molecule has 0 saturated carbocycles. The number of rotatable bonds is 5. The number of thiol groups is 1. The summed E-state index contributed by atoms with van der Waals surface area (Å²) < 4.78 is 1.48. The standard InChI is InChI=1S/C11H12N4O2S/c16-15(17)11-12-8-14(13-11)6-10(7-18)9-4-2-1-3-5-9/h1-5,8,10,18H,6-7H2. The number of nitrogens with zero attached hydrogens (tertiary/aromatic N) is 4. The van der Waals surface area contributed by atoms with E-state index in [0.717, 1.165) is 5.56 Å². The van der Waals surface area contributed by atoms with Gasteiger partial charge in [0.25, 0.3) is 0 Å². The van der Waals surface area contributed by atoms with Crippen molar-refractivity contribution < 1.29 is 4.92 Å². The van der Waals surface area contributed by atoms with Crippen LogP contribution in [0.1, 0.15) is 11.5 Å². The van der Waals surface area contributed by atoms with Gasteiger partial charge in [0.15, 0.2) is 0 Å². The third-order valence-corrected chi connectivity index (χ3v) is 3.03. The Bertz CT molecular complexity index is 529. The van der Waals surface area contributed by atoms with Crippen molar-refractivity contribution in [2.45, 2.75) is 12.5 Å². The number of hydrogen-bond donors (Lipinski definition) is 1. The average molecular weight is 264 g/mol. The molecule has 1 aromatic heterocycles. The van der Waals surface area contributed by atoms with Gasteiger partial charge in [-0.15, -0.1) is 0 Å². The van der Waals surface area contributed by atoms with E-state index in [1.807, 2.05) is 30.3 Å². The largest absolute Gasteiger partial charge is 0.490 e. The molecule has 0 bridgehead atoms. The van der Waals surface area contributed by atoms with Crippen molar-refractivity contribution in [3.63, 3.8) is 0 Å². The predicted octanol–water partition coefficient (Wildman–Crippen LogP) is 1.90. The van der Waals surface area contributed by atoms with Crippen LogP contribution in [0.4, 0.5) is 5.95 Å². The lowest BCUT2D eigenvalue weighted by molar-refractivity contribution is -0.394. The highest BCUT2D eigenvalue weighted by Crippen LogP contribution is 2.19. The summed E-state index contributed by atoms with van der Waals surface area (Å²) >= 11 is 4.31. The normalized spacial score (nSPS) is 12.3. The van der Waals surface area contributed by atoms with Gasteiger partial charge < -0.3 is 10.1 Å². The molecule has 0 fully saturated rings. The number of hydrogen-bond acceptors (Lipinski definition) is 5. The Kier molecular flexibility index (Phi) is 3.93. The summed E-state index contributed by atoms with van der Waals surface area (Å²) in [6, 6.07) is 9.86. The molecule has 0 saturated heterocycles. The van der Waals surface area contributed by atoms with Gasteiger partial charge in [-0.25, -0.2) is 0 Å². The van der Waals surface area contributed by atoms with Crippen LogP contribution >= 0.6 is 12.6 Å². The zero-order valence-corrected chi connectivity index (χ0v) is 10.4. The second kappa shape index (κ2) is 5.63. The van der Waals surface area contributed by atoms with Crippen LogP contribution in [0, 0.1) is 10.1 Å². The molecule has 2 rings (SSSR count). The van der Waals surface area contributed by atoms with Crippen LogP contribution in [0.3, 0.4) is 0 Å². The maximum Gasteiger partial charge on any atom is 0.490 e. The van der Waals surface area contributed by atoms with Gasteiger partial charge in [0.05, 0.1) is 6.54 Å². The summed E-state index contributed by atoms with van der Waals surface area (Å²) in [6.45, 7) is 0.522. The Morgan fingerprint density at radius 2 is 2.11 bits per heavy atom. The van der Waals surface area contributed by atoms with Crippen molar-refractivity contribution in [3.8, 4) is 0 Å². The number of nitro groups is 1. The lowest BCUT2D eigenvalue weighted by Gasteiger charge is -2.12. The second-order valence-corrected chi connectivity index (χ2v) is 4.18. The average Bonchev–Trinajstić information content (AvgIpc) is 2.86. The van der Waals surface area contributed by atoms with Gasteiger partial charge >= 0.3 is 5.95 Å². The molecule has 1 heterocycles. The minimum atomic E-state index is -0.602. The van der Waals surface area contributed by atoms with E-state index in [-0.39, 0.29) is 11.9 Å². The van der Waals surface area contributed by atoms with Crippen molar-refractivity contribution in [1.29, 1.82) is 0 Å². The van der Waals surface area contributed by atoms with E-state index in [1.165, 1.54) is 11.0 Å². The maximum atomic E-state index is 10.5. The highest BCUT2D eigenvalue weighted by atomic mass is 32.1. The van der Waals surface area contributed by atoms with E-state index < -0.39 is 4.92 Å². The fraction of sp³-hybridized carbons (Fsp3) is 0.273. The SMILES string of the molecule is O=[N+]([O-])c1ncn(CC(CS)c2ccccc2)n1. The molecule has 1 unspecified atom stereocenters. The molecule has 0 N–H and O–H groups in total. The van der Waals surface area contributed by atoms with E-state index in [9.17, 15) is 10.1 Å². The zero-order chi connectivity index (χ0) is 13.0. The third-order valence-electron chi connectivity index (χ3n) is 2.59. The topological polar surface area (TPSA) is 73.8 Å². The molecule has 2 aromatic rings. The monoisotopic (exact) mass is 264 g/mol. The first kappa shape index (κ1) is 12.6. The van der Waals surface area contributed by atoms with E-state index in [2.05, 4.69) is 22.7 Å². The molecule has 0 radical (unpaired) electrons. The van der Waals surface area contributed by atoms with Crippen LogP contribution in [-0.2, 0) is 6.54 Å². The molecule has 1 atom stereocenters. The first-order chi connectivity index (χ1) is 8.70. The van der Waals surface area contributed by atoms with Gasteiger partial charge in [-0.3, -0.25) is 0 Å². The molecule has 6 nitrogen and oxygen atoms in total. The quantitative estimate of drug-likeness (QED) is 0.508. The molecular formula is C11H12N4O2S. The highest BCUT2D eigenvalue weighted by Gasteiger charge is 2.17. The van der Waals surface area contributed by atoms with Crippen molar-refractivity contribution >= 4 is 18.6 Å². The predicted molar refractivity (Wildman–Crippen MR) is 69.7 cm³/mol. The molecule has 0 spiro atoms. The number of benzene rings is 1. The van der Waals surface area contributed by atoms with Crippen LogP contribution in [-0.4, -0.2) is 25.4 Å². The Morgan fingerprint density at radius 3 is 2.67 bits per heavy atom. The van der Waals surface area contributed by atoms with Gasteiger partial charge in [-0.05, 0) is 16.2 Å². The molecule has 94 valence electrons.